The first kappa shape index (κ1) is 11.8. The summed E-state index contributed by atoms with van der Waals surface area (Å²) in [6.45, 7) is 0.617. The number of hydrogen-bond acceptors (Lipinski definition) is 3. The Hall–Kier alpha value is -2.23. The maximum Gasteiger partial charge on any atom is 0.255 e. The summed E-state index contributed by atoms with van der Waals surface area (Å²) in [4.78, 5) is 22.5. The fourth-order valence-corrected chi connectivity index (χ4v) is 2.10. The summed E-state index contributed by atoms with van der Waals surface area (Å²) in [6.07, 6.45) is 9.04. The molecule has 4 nitrogen and oxygen atoms in total. The first-order valence-corrected chi connectivity index (χ1v) is 6.44. The topological polar surface area (TPSA) is 46.1 Å². The number of aromatic nitrogens is 2. The van der Waals surface area contributed by atoms with Crippen LogP contribution in [0.2, 0.25) is 0 Å². The van der Waals surface area contributed by atoms with Gasteiger partial charge in [-0.15, -0.1) is 0 Å². The highest BCUT2D eigenvalue weighted by molar-refractivity contribution is 5.94. The SMILES string of the molecule is O=C(c1cccnc1)N(Cc1cccnc1)C1CC1. The van der Waals surface area contributed by atoms with Crippen molar-refractivity contribution in [3.63, 3.8) is 0 Å². The van der Waals surface area contributed by atoms with Gasteiger partial charge in [0.05, 0.1) is 5.56 Å². The molecule has 3 rings (SSSR count). The van der Waals surface area contributed by atoms with Gasteiger partial charge in [0.25, 0.3) is 5.91 Å². The Kier molecular flexibility index (Phi) is 3.23. The van der Waals surface area contributed by atoms with Crippen molar-refractivity contribution in [2.45, 2.75) is 25.4 Å². The summed E-state index contributed by atoms with van der Waals surface area (Å²) < 4.78 is 0. The van der Waals surface area contributed by atoms with E-state index in [0.29, 0.717) is 18.2 Å². The van der Waals surface area contributed by atoms with Crippen molar-refractivity contribution < 1.29 is 4.79 Å². The van der Waals surface area contributed by atoms with E-state index in [2.05, 4.69) is 9.97 Å². The maximum absolute atomic E-state index is 12.5. The minimum atomic E-state index is 0.0550. The minimum Gasteiger partial charge on any atom is -0.331 e. The van der Waals surface area contributed by atoms with Gasteiger partial charge in [-0.05, 0) is 36.6 Å². The van der Waals surface area contributed by atoms with E-state index in [1.54, 1.807) is 24.7 Å². The number of amides is 1. The lowest BCUT2D eigenvalue weighted by Gasteiger charge is -2.22. The highest BCUT2D eigenvalue weighted by atomic mass is 16.2. The Balaban J connectivity index is 1.80. The quantitative estimate of drug-likeness (QED) is 0.839. The van der Waals surface area contributed by atoms with E-state index in [1.165, 1.54) is 0 Å². The van der Waals surface area contributed by atoms with Crippen LogP contribution >= 0.6 is 0 Å². The summed E-state index contributed by atoms with van der Waals surface area (Å²) in [5, 5.41) is 0. The molecule has 19 heavy (non-hydrogen) atoms. The maximum atomic E-state index is 12.5. The molecule has 0 aliphatic heterocycles. The van der Waals surface area contributed by atoms with Gasteiger partial charge in [-0.25, -0.2) is 0 Å². The summed E-state index contributed by atoms with van der Waals surface area (Å²) in [7, 11) is 0. The number of nitrogens with zero attached hydrogens (tertiary/aromatic N) is 3. The Bertz CT molecular complexity index is 552. The van der Waals surface area contributed by atoms with Gasteiger partial charge in [0.1, 0.15) is 0 Å². The van der Waals surface area contributed by atoms with E-state index < -0.39 is 0 Å². The first-order valence-electron chi connectivity index (χ1n) is 6.44. The molecule has 0 aromatic carbocycles. The lowest BCUT2D eigenvalue weighted by Crippen LogP contribution is -2.32. The number of rotatable bonds is 4. The summed E-state index contributed by atoms with van der Waals surface area (Å²) in [6, 6.07) is 7.87. The molecule has 2 aromatic heterocycles. The molecule has 0 radical (unpaired) electrons. The van der Waals surface area contributed by atoms with Crippen LogP contribution in [0.4, 0.5) is 0 Å². The average molecular weight is 253 g/mol. The number of pyridine rings is 2. The predicted molar refractivity (Wildman–Crippen MR) is 71.4 cm³/mol. The molecule has 0 bridgehead atoms. The van der Waals surface area contributed by atoms with Crippen LogP contribution in [-0.4, -0.2) is 26.8 Å². The Morgan fingerprint density at radius 1 is 1.16 bits per heavy atom. The van der Waals surface area contributed by atoms with Gasteiger partial charge < -0.3 is 4.90 Å². The van der Waals surface area contributed by atoms with Crippen LogP contribution in [0.3, 0.4) is 0 Å². The van der Waals surface area contributed by atoms with Crippen LogP contribution in [0.5, 0.6) is 0 Å². The minimum absolute atomic E-state index is 0.0550. The molecule has 1 aliphatic rings. The molecule has 2 aromatic rings. The molecule has 0 unspecified atom stereocenters. The van der Waals surface area contributed by atoms with Crippen molar-refractivity contribution in [2.24, 2.45) is 0 Å². The van der Waals surface area contributed by atoms with Crippen LogP contribution in [-0.2, 0) is 6.54 Å². The lowest BCUT2D eigenvalue weighted by atomic mass is 10.2. The monoisotopic (exact) mass is 253 g/mol. The normalized spacial score (nSPS) is 14.1. The highest BCUT2D eigenvalue weighted by Crippen LogP contribution is 2.29. The predicted octanol–water partition coefficient (Wildman–Crippen LogP) is 2.28. The molecule has 4 heteroatoms. The Morgan fingerprint density at radius 2 is 1.89 bits per heavy atom. The molecular formula is C15H15N3O. The largest absolute Gasteiger partial charge is 0.331 e. The molecule has 1 fully saturated rings. The van der Waals surface area contributed by atoms with Gasteiger partial charge in [0.15, 0.2) is 0 Å². The van der Waals surface area contributed by atoms with Gasteiger partial charge in [0, 0.05) is 37.4 Å². The fourth-order valence-electron chi connectivity index (χ4n) is 2.10. The molecule has 2 heterocycles. The van der Waals surface area contributed by atoms with Gasteiger partial charge >= 0.3 is 0 Å². The molecule has 0 saturated heterocycles. The molecule has 1 saturated carbocycles. The second-order valence-corrected chi connectivity index (χ2v) is 4.77. The van der Waals surface area contributed by atoms with Crippen LogP contribution < -0.4 is 0 Å². The van der Waals surface area contributed by atoms with E-state index in [0.717, 1.165) is 18.4 Å². The molecule has 0 spiro atoms. The third kappa shape index (κ3) is 2.78. The first-order chi connectivity index (χ1) is 9.34. The molecule has 1 amide bonds. The standard InChI is InChI=1S/C15H15N3O/c19-15(13-4-2-8-17-10-13)18(14-5-6-14)11-12-3-1-7-16-9-12/h1-4,7-10,14H,5-6,11H2. The van der Waals surface area contributed by atoms with E-state index in [9.17, 15) is 4.79 Å². The van der Waals surface area contributed by atoms with E-state index in [1.807, 2.05) is 29.3 Å². The molecule has 0 N–H and O–H groups in total. The van der Waals surface area contributed by atoms with Crippen molar-refractivity contribution in [3.8, 4) is 0 Å². The van der Waals surface area contributed by atoms with Crippen molar-refractivity contribution in [2.75, 3.05) is 0 Å². The summed E-state index contributed by atoms with van der Waals surface area (Å²) >= 11 is 0. The van der Waals surface area contributed by atoms with Crippen molar-refractivity contribution >= 4 is 5.91 Å². The number of carbonyl (C=O) groups excluding carboxylic acids is 1. The smallest absolute Gasteiger partial charge is 0.255 e. The second kappa shape index (κ2) is 5.18. The molecular weight excluding hydrogens is 238 g/mol. The summed E-state index contributed by atoms with van der Waals surface area (Å²) in [5.41, 5.74) is 1.71. The molecule has 0 atom stereocenters. The van der Waals surface area contributed by atoms with Crippen molar-refractivity contribution in [1.82, 2.24) is 14.9 Å². The van der Waals surface area contributed by atoms with Crippen LogP contribution in [0.1, 0.15) is 28.8 Å². The van der Waals surface area contributed by atoms with Crippen molar-refractivity contribution in [1.29, 1.82) is 0 Å². The van der Waals surface area contributed by atoms with Gasteiger partial charge in [-0.3, -0.25) is 14.8 Å². The highest BCUT2D eigenvalue weighted by Gasteiger charge is 2.33. The average Bonchev–Trinajstić information content (AvgIpc) is 3.31. The fraction of sp³-hybridized carbons (Fsp3) is 0.267. The third-order valence-electron chi connectivity index (χ3n) is 3.23. The third-order valence-corrected chi connectivity index (χ3v) is 3.23. The van der Waals surface area contributed by atoms with Crippen LogP contribution in [0, 0.1) is 0 Å². The zero-order valence-corrected chi connectivity index (χ0v) is 10.6. The van der Waals surface area contributed by atoms with Crippen LogP contribution in [0.25, 0.3) is 0 Å². The zero-order valence-electron chi connectivity index (χ0n) is 10.6. The van der Waals surface area contributed by atoms with Gasteiger partial charge in [0.2, 0.25) is 0 Å². The van der Waals surface area contributed by atoms with Gasteiger partial charge in [-0.1, -0.05) is 6.07 Å². The van der Waals surface area contributed by atoms with E-state index in [4.69, 9.17) is 0 Å². The van der Waals surface area contributed by atoms with Gasteiger partial charge in [-0.2, -0.15) is 0 Å². The Morgan fingerprint density at radius 3 is 2.47 bits per heavy atom. The number of carbonyl (C=O) groups is 1. The van der Waals surface area contributed by atoms with E-state index >= 15 is 0 Å². The Labute approximate surface area is 112 Å². The summed E-state index contributed by atoms with van der Waals surface area (Å²) in [5.74, 6) is 0.0550. The molecule has 96 valence electrons. The van der Waals surface area contributed by atoms with Crippen molar-refractivity contribution in [3.05, 3.63) is 60.2 Å². The van der Waals surface area contributed by atoms with Crippen LogP contribution in [0.15, 0.2) is 49.1 Å². The second-order valence-electron chi connectivity index (χ2n) is 4.77. The zero-order chi connectivity index (χ0) is 13.1. The lowest BCUT2D eigenvalue weighted by molar-refractivity contribution is 0.0729. The molecule has 1 aliphatic carbocycles. The van der Waals surface area contributed by atoms with E-state index in [-0.39, 0.29) is 5.91 Å². The number of hydrogen-bond donors (Lipinski definition) is 0.